The van der Waals surface area contributed by atoms with Crippen LogP contribution in [0.25, 0.3) is 0 Å². The maximum atomic E-state index is 12.6. The van der Waals surface area contributed by atoms with Gasteiger partial charge in [0.25, 0.3) is 0 Å². The van der Waals surface area contributed by atoms with E-state index in [-0.39, 0.29) is 5.82 Å². The van der Waals surface area contributed by atoms with Crippen LogP contribution >= 0.6 is 0 Å². The number of anilines is 1. The minimum absolute atomic E-state index is 0.312. The van der Waals surface area contributed by atoms with Gasteiger partial charge in [-0.3, -0.25) is 4.98 Å². The molecule has 3 heteroatoms. The number of aryl methyl sites for hydroxylation is 1. The van der Waals surface area contributed by atoms with Gasteiger partial charge in [0.15, 0.2) is 5.82 Å². The summed E-state index contributed by atoms with van der Waals surface area (Å²) in [6.07, 6.45) is 1.21. The molecule has 0 saturated carbocycles. The van der Waals surface area contributed by atoms with Crippen molar-refractivity contribution in [2.45, 2.75) is 6.92 Å². The van der Waals surface area contributed by atoms with Crippen LogP contribution in [-0.4, -0.2) is 12.0 Å². The average Bonchev–Trinajstić information content (AvgIpc) is 1.94. The summed E-state index contributed by atoms with van der Waals surface area (Å²) >= 11 is 0. The second kappa shape index (κ2) is 2.64. The van der Waals surface area contributed by atoms with E-state index < -0.39 is 0 Å². The number of nitrogens with zero attached hydrogens (tertiary/aromatic N) is 1. The summed E-state index contributed by atoms with van der Waals surface area (Å²) in [4.78, 5) is 3.77. The first-order valence-electron chi connectivity index (χ1n) is 3.04. The summed E-state index contributed by atoms with van der Waals surface area (Å²) in [6, 6.07) is 1.66. The lowest BCUT2D eigenvalue weighted by molar-refractivity contribution is 0.624. The Balaban J connectivity index is 3.09. The lowest BCUT2D eigenvalue weighted by atomic mass is 10.3. The molecule has 0 aliphatic heterocycles. The van der Waals surface area contributed by atoms with Crippen molar-refractivity contribution in [3.63, 3.8) is 0 Å². The monoisotopic (exact) mass is 140 g/mol. The highest BCUT2D eigenvalue weighted by Gasteiger charge is 1.98. The fourth-order valence-corrected chi connectivity index (χ4v) is 0.735. The van der Waals surface area contributed by atoms with Crippen LogP contribution in [0.3, 0.4) is 0 Å². The van der Waals surface area contributed by atoms with E-state index >= 15 is 0 Å². The molecule has 1 aromatic rings. The summed E-state index contributed by atoms with van der Waals surface area (Å²) in [6.45, 7) is 1.82. The maximum absolute atomic E-state index is 12.6. The molecule has 0 radical (unpaired) electrons. The fraction of sp³-hybridized carbons (Fsp3) is 0.286. The molecule has 1 rings (SSSR count). The predicted molar refractivity (Wildman–Crippen MR) is 38.5 cm³/mol. The third kappa shape index (κ3) is 1.23. The van der Waals surface area contributed by atoms with Crippen molar-refractivity contribution in [1.82, 2.24) is 4.98 Å². The zero-order valence-electron chi connectivity index (χ0n) is 5.98. The third-order valence-corrected chi connectivity index (χ3v) is 1.26. The Hall–Kier alpha value is -1.12. The van der Waals surface area contributed by atoms with Gasteiger partial charge in [-0.1, -0.05) is 0 Å². The van der Waals surface area contributed by atoms with Crippen molar-refractivity contribution in [3.05, 3.63) is 23.8 Å². The topological polar surface area (TPSA) is 24.9 Å². The van der Waals surface area contributed by atoms with Crippen LogP contribution < -0.4 is 5.32 Å². The zero-order valence-corrected chi connectivity index (χ0v) is 5.98. The number of hydrogen-bond donors (Lipinski definition) is 1. The van der Waals surface area contributed by atoms with Gasteiger partial charge in [0.2, 0.25) is 0 Å². The van der Waals surface area contributed by atoms with E-state index in [1.165, 1.54) is 6.20 Å². The van der Waals surface area contributed by atoms with Crippen LogP contribution in [0.1, 0.15) is 5.69 Å². The molecule has 1 aromatic heterocycles. The summed E-state index contributed by atoms with van der Waals surface area (Å²) < 4.78 is 12.6. The smallest absolute Gasteiger partial charge is 0.164 e. The van der Waals surface area contributed by atoms with Crippen LogP contribution in [0.5, 0.6) is 0 Å². The Morgan fingerprint density at radius 3 is 2.80 bits per heavy atom. The molecule has 0 aromatic carbocycles. The molecule has 1 heterocycles. The minimum atomic E-state index is -0.312. The van der Waals surface area contributed by atoms with Crippen LogP contribution in [0.2, 0.25) is 0 Å². The molecule has 1 N–H and O–H groups in total. The van der Waals surface area contributed by atoms with Crippen LogP contribution in [0.15, 0.2) is 12.3 Å². The van der Waals surface area contributed by atoms with E-state index in [1.54, 1.807) is 13.1 Å². The predicted octanol–water partition coefficient (Wildman–Crippen LogP) is 1.57. The molecule has 0 bridgehead atoms. The molecular weight excluding hydrogens is 131 g/mol. The normalized spacial score (nSPS) is 9.50. The molecule has 0 aliphatic rings. The van der Waals surface area contributed by atoms with Gasteiger partial charge in [0, 0.05) is 12.7 Å². The van der Waals surface area contributed by atoms with Crippen LogP contribution in [0.4, 0.5) is 10.1 Å². The zero-order chi connectivity index (χ0) is 7.56. The quantitative estimate of drug-likeness (QED) is 0.640. The summed E-state index contributed by atoms with van der Waals surface area (Å²) in [5, 5.41) is 2.72. The lowest BCUT2D eigenvalue weighted by Gasteiger charge is -2.00. The molecule has 10 heavy (non-hydrogen) atoms. The van der Waals surface area contributed by atoms with Gasteiger partial charge in [0.1, 0.15) is 0 Å². The van der Waals surface area contributed by atoms with Crippen molar-refractivity contribution in [1.29, 1.82) is 0 Å². The molecule has 2 nitrogen and oxygen atoms in total. The highest BCUT2D eigenvalue weighted by Crippen LogP contribution is 2.11. The molecule has 0 fully saturated rings. The largest absolute Gasteiger partial charge is 0.386 e. The Morgan fingerprint density at radius 1 is 1.60 bits per heavy atom. The second-order valence-electron chi connectivity index (χ2n) is 2.06. The van der Waals surface area contributed by atoms with Crippen molar-refractivity contribution in [2.24, 2.45) is 0 Å². The van der Waals surface area contributed by atoms with E-state index in [4.69, 9.17) is 0 Å². The summed E-state index contributed by atoms with van der Waals surface area (Å²) in [5.74, 6) is -0.312. The first-order chi connectivity index (χ1) is 4.74. The Kier molecular flexibility index (Phi) is 1.85. The molecule has 0 atom stereocenters. The van der Waals surface area contributed by atoms with Gasteiger partial charge in [-0.25, -0.2) is 4.39 Å². The molecule has 0 unspecified atom stereocenters. The number of pyridine rings is 1. The van der Waals surface area contributed by atoms with Crippen LogP contribution in [0, 0.1) is 12.7 Å². The number of halogens is 1. The molecular formula is C7H9FN2. The first-order valence-corrected chi connectivity index (χ1v) is 3.04. The van der Waals surface area contributed by atoms with Gasteiger partial charge in [-0.2, -0.15) is 0 Å². The fourth-order valence-electron chi connectivity index (χ4n) is 0.735. The van der Waals surface area contributed by atoms with Gasteiger partial charge in [0.05, 0.1) is 11.9 Å². The molecule has 0 aliphatic carbocycles. The van der Waals surface area contributed by atoms with Gasteiger partial charge in [-0.15, -0.1) is 0 Å². The Morgan fingerprint density at radius 2 is 2.30 bits per heavy atom. The summed E-state index contributed by atoms with van der Waals surface area (Å²) in [7, 11) is 1.68. The highest BCUT2D eigenvalue weighted by atomic mass is 19.1. The SMILES string of the molecule is CNc1cc(C)ncc1F. The lowest BCUT2D eigenvalue weighted by Crippen LogP contribution is -1.94. The van der Waals surface area contributed by atoms with Gasteiger partial charge >= 0.3 is 0 Å². The maximum Gasteiger partial charge on any atom is 0.164 e. The number of aromatic nitrogens is 1. The second-order valence-corrected chi connectivity index (χ2v) is 2.06. The third-order valence-electron chi connectivity index (χ3n) is 1.26. The average molecular weight is 140 g/mol. The van der Waals surface area contributed by atoms with E-state index in [9.17, 15) is 4.39 Å². The Bertz CT molecular complexity index is 235. The molecule has 0 amide bonds. The van der Waals surface area contributed by atoms with Gasteiger partial charge < -0.3 is 5.32 Å². The number of rotatable bonds is 1. The van der Waals surface area contributed by atoms with E-state index in [2.05, 4.69) is 10.3 Å². The van der Waals surface area contributed by atoms with Crippen molar-refractivity contribution < 1.29 is 4.39 Å². The first kappa shape index (κ1) is 6.99. The molecule has 54 valence electrons. The summed E-state index contributed by atoms with van der Waals surface area (Å²) in [5.41, 5.74) is 1.30. The van der Waals surface area contributed by atoms with E-state index in [1.807, 2.05) is 6.92 Å². The molecule has 0 saturated heterocycles. The van der Waals surface area contributed by atoms with Crippen molar-refractivity contribution >= 4 is 5.69 Å². The number of hydrogen-bond acceptors (Lipinski definition) is 2. The standard InChI is InChI=1S/C7H9FN2/c1-5-3-7(9-2)6(8)4-10-5/h3-4H,1-2H3,(H,9,10). The van der Waals surface area contributed by atoms with E-state index in [0.717, 1.165) is 5.69 Å². The van der Waals surface area contributed by atoms with Crippen molar-refractivity contribution in [3.8, 4) is 0 Å². The van der Waals surface area contributed by atoms with Crippen LogP contribution in [-0.2, 0) is 0 Å². The number of nitrogens with one attached hydrogen (secondary N) is 1. The van der Waals surface area contributed by atoms with Crippen molar-refractivity contribution in [2.75, 3.05) is 12.4 Å². The minimum Gasteiger partial charge on any atom is -0.386 e. The highest BCUT2D eigenvalue weighted by molar-refractivity contribution is 5.43. The van der Waals surface area contributed by atoms with Gasteiger partial charge in [-0.05, 0) is 13.0 Å². The molecule has 0 spiro atoms. The van der Waals surface area contributed by atoms with E-state index in [0.29, 0.717) is 5.69 Å². The Labute approximate surface area is 59.1 Å².